The second kappa shape index (κ2) is 5.72. The molecule has 0 radical (unpaired) electrons. The zero-order valence-corrected chi connectivity index (χ0v) is 13.1. The van der Waals surface area contributed by atoms with E-state index in [2.05, 4.69) is 49.6 Å². The molecule has 2 aliphatic rings. The Morgan fingerprint density at radius 1 is 1.15 bits per heavy atom. The van der Waals surface area contributed by atoms with Gasteiger partial charge in [-0.15, -0.1) is 0 Å². The van der Waals surface area contributed by atoms with Crippen molar-refractivity contribution >= 4 is 5.69 Å². The molecule has 2 aliphatic heterocycles. The second-order valence-corrected chi connectivity index (χ2v) is 6.67. The molecule has 20 heavy (non-hydrogen) atoms. The summed E-state index contributed by atoms with van der Waals surface area (Å²) in [6.07, 6.45) is 0. The lowest BCUT2D eigenvalue weighted by Gasteiger charge is -2.35. The third kappa shape index (κ3) is 2.68. The van der Waals surface area contributed by atoms with Crippen molar-refractivity contribution in [3.05, 3.63) is 29.3 Å². The molecule has 1 aromatic rings. The zero-order chi connectivity index (χ0) is 14.1. The number of benzene rings is 1. The highest BCUT2D eigenvalue weighted by Gasteiger charge is 2.34. The summed E-state index contributed by atoms with van der Waals surface area (Å²) in [7, 11) is 6.57. The third-order valence-corrected chi connectivity index (χ3v) is 5.02. The highest BCUT2D eigenvalue weighted by atomic mass is 15.3. The van der Waals surface area contributed by atoms with Crippen molar-refractivity contribution in [2.75, 3.05) is 58.8 Å². The SMILES string of the molecule is CN(C)c1ccc2c(c1)C[NH2+]C[C@H]2[NH+]1CC[NH+](C)CC1. The summed E-state index contributed by atoms with van der Waals surface area (Å²) in [5.74, 6) is 0. The Morgan fingerprint density at radius 2 is 1.90 bits per heavy atom. The van der Waals surface area contributed by atoms with Crippen molar-refractivity contribution in [1.29, 1.82) is 0 Å². The molecule has 0 aliphatic carbocycles. The Kier molecular flexibility index (Phi) is 3.96. The standard InChI is InChI=1S/C16H26N4/c1-18(2)14-4-5-15-13(10-14)11-17-12-16(15)20-8-6-19(3)7-9-20/h4-5,10,16-17H,6-9,11-12H2,1-3H3/p+3/t16-/m1/s1. The summed E-state index contributed by atoms with van der Waals surface area (Å²) in [5, 5.41) is 2.49. The van der Waals surface area contributed by atoms with Crippen molar-refractivity contribution in [2.45, 2.75) is 12.6 Å². The molecule has 2 heterocycles. The van der Waals surface area contributed by atoms with E-state index in [1.54, 1.807) is 20.9 Å². The number of nitrogens with zero attached hydrogens (tertiary/aromatic N) is 1. The average molecular weight is 277 g/mol. The van der Waals surface area contributed by atoms with Crippen molar-refractivity contribution < 1.29 is 15.1 Å². The van der Waals surface area contributed by atoms with Crippen LogP contribution < -0.4 is 20.0 Å². The van der Waals surface area contributed by atoms with E-state index in [1.807, 2.05) is 0 Å². The molecule has 3 rings (SSSR count). The molecule has 4 heteroatoms. The van der Waals surface area contributed by atoms with Gasteiger partial charge in [0.2, 0.25) is 0 Å². The summed E-state index contributed by atoms with van der Waals surface area (Å²) < 4.78 is 0. The molecule has 0 spiro atoms. The molecule has 0 amide bonds. The summed E-state index contributed by atoms with van der Waals surface area (Å²) >= 11 is 0. The fourth-order valence-electron chi connectivity index (χ4n) is 3.65. The first-order valence-corrected chi connectivity index (χ1v) is 7.93. The van der Waals surface area contributed by atoms with Crippen LogP contribution in [-0.2, 0) is 6.54 Å². The monoisotopic (exact) mass is 277 g/mol. The van der Waals surface area contributed by atoms with Crippen LogP contribution in [0.4, 0.5) is 5.69 Å². The van der Waals surface area contributed by atoms with E-state index in [0.717, 1.165) is 6.54 Å². The van der Waals surface area contributed by atoms with E-state index in [1.165, 1.54) is 38.4 Å². The van der Waals surface area contributed by atoms with Gasteiger partial charge in [-0.3, -0.25) is 0 Å². The smallest absolute Gasteiger partial charge is 0.163 e. The quantitative estimate of drug-likeness (QED) is 0.539. The number of nitrogens with two attached hydrogens (primary N) is 1. The number of anilines is 1. The lowest BCUT2D eigenvalue weighted by atomic mass is 9.94. The van der Waals surface area contributed by atoms with Gasteiger partial charge >= 0.3 is 0 Å². The predicted octanol–water partition coefficient (Wildman–Crippen LogP) is -2.72. The van der Waals surface area contributed by atoms with Crippen molar-refractivity contribution in [1.82, 2.24) is 0 Å². The van der Waals surface area contributed by atoms with Crippen LogP contribution in [-0.4, -0.2) is 53.9 Å². The predicted molar refractivity (Wildman–Crippen MR) is 81.3 cm³/mol. The minimum Gasteiger partial charge on any atom is -0.378 e. The fraction of sp³-hybridized carbons (Fsp3) is 0.625. The van der Waals surface area contributed by atoms with E-state index in [9.17, 15) is 0 Å². The summed E-state index contributed by atoms with van der Waals surface area (Å²) in [4.78, 5) is 5.69. The first-order chi connectivity index (χ1) is 9.65. The van der Waals surface area contributed by atoms with Crippen LogP contribution in [0.15, 0.2) is 18.2 Å². The zero-order valence-electron chi connectivity index (χ0n) is 13.1. The topological polar surface area (TPSA) is 28.7 Å². The van der Waals surface area contributed by atoms with Gasteiger partial charge in [-0.05, 0) is 12.1 Å². The minimum atomic E-state index is 0.697. The normalized spacial score (nSPS) is 29.9. The molecule has 0 bridgehead atoms. The number of hydrogen-bond donors (Lipinski definition) is 3. The van der Waals surface area contributed by atoms with Gasteiger partial charge in [-0.2, -0.15) is 0 Å². The lowest BCUT2D eigenvalue weighted by Crippen LogP contribution is -3.28. The number of piperazine rings is 1. The molecule has 1 fully saturated rings. The maximum atomic E-state index is 2.49. The molecule has 1 saturated heterocycles. The van der Waals surface area contributed by atoms with Gasteiger partial charge in [0, 0.05) is 30.9 Å². The molecule has 0 aromatic heterocycles. The third-order valence-electron chi connectivity index (χ3n) is 5.02. The molecule has 1 aromatic carbocycles. The van der Waals surface area contributed by atoms with Gasteiger partial charge in [-0.1, -0.05) is 6.07 Å². The number of rotatable bonds is 2. The number of likely N-dealkylation sites (N-methyl/N-ethyl adjacent to an activating group) is 1. The molecule has 4 nitrogen and oxygen atoms in total. The van der Waals surface area contributed by atoms with E-state index < -0.39 is 0 Å². The van der Waals surface area contributed by atoms with Crippen LogP contribution in [0.2, 0.25) is 0 Å². The molecule has 110 valence electrons. The van der Waals surface area contributed by atoms with E-state index in [-0.39, 0.29) is 0 Å². The second-order valence-electron chi connectivity index (χ2n) is 6.67. The molecule has 0 unspecified atom stereocenters. The van der Waals surface area contributed by atoms with E-state index in [0.29, 0.717) is 6.04 Å². The number of fused-ring (bicyclic) bond motifs is 1. The maximum absolute atomic E-state index is 2.49. The van der Waals surface area contributed by atoms with Crippen LogP contribution in [0.5, 0.6) is 0 Å². The molecular formula is C16H29N4+3. The first kappa shape index (κ1) is 13.9. The van der Waals surface area contributed by atoms with E-state index >= 15 is 0 Å². The summed E-state index contributed by atoms with van der Waals surface area (Å²) in [5.41, 5.74) is 4.48. The van der Waals surface area contributed by atoms with Gasteiger partial charge in [-0.25, -0.2) is 0 Å². The Morgan fingerprint density at radius 3 is 2.60 bits per heavy atom. The summed E-state index contributed by atoms with van der Waals surface area (Å²) in [6, 6.07) is 7.76. The number of quaternary nitrogens is 3. The minimum absolute atomic E-state index is 0.697. The van der Waals surface area contributed by atoms with Crippen LogP contribution in [0.1, 0.15) is 17.2 Å². The molecule has 0 saturated carbocycles. The highest BCUT2D eigenvalue weighted by Crippen LogP contribution is 2.22. The van der Waals surface area contributed by atoms with Gasteiger partial charge < -0.3 is 20.0 Å². The van der Waals surface area contributed by atoms with Crippen LogP contribution in [0.3, 0.4) is 0 Å². The number of hydrogen-bond acceptors (Lipinski definition) is 1. The highest BCUT2D eigenvalue weighted by molar-refractivity contribution is 5.50. The first-order valence-electron chi connectivity index (χ1n) is 7.93. The van der Waals surface area contributed by atoms with Crippen LogP contribution >= 0.6 is 0 Å². The average Bonchev–Trinajstić information content (AvgIpc) is 2.47. The lowest BCUT2D eigenvalue weighted by molar-refractivity contribution is -1.03. The fourth-order valence-corrected chi connectivity index (χ4v) is 3.65. The van der Waals surface area contributed by atoms with Crippen molar-refractivity contribution in [2.24, 2.45) is 0 Å². The van der Waals surface area contributed by atoms with Crippen LogP contribution in [0.25, 0.3) is 0 Å². The van der Waals surface area contributed by atoms with Gasteiger partial charge in [0.25, 0.3) is 0 Å². The molecule has 1 atom stereocenters. The maximum Gasteiger partial charge on any atom is 0.163 e. The Hall–Kier alpha value is -1.10. The van der Waals surface area contributed by atoms with Gasteiger partial charge in [0.15, 0.2) is 6.04 Å². The Bertz CT molecular complexity index is 464. The Balaban J connectivity index is 1.83. The largest absolute Gasteiger partial charge is 0.378 e. The van der Waals surface area contributed by atoms with Gasteiger partial charge in [0.1, 0.15) is 39.3 Å². The van der Waals surface area contributed by atoms with Crippen molar-refractivity contribution in [3.8, 4) is 0 Å². The Labute approximate surface area is 122 Å². The molecular weight excluding hydrogens is 248 g/mol. The summed E-state index contributed by atoms with van der Waals surface area (Å²) in [6.45, 7) is 7.67. The van der Waals surface area contributed by atoms with Crippen LogP contribution in [0, 0.1) is 0 Å². The van der Waals surface area contributed by atoms with Gasteiger partial charge in [0.05, 0.1) is 7.05 Å². The van der Waals surface area contributed by atoms with E-state index in [4.69, 9.17) is 0 Å². The molecule has 4 N–H and O–H groups in total. The van der Waals surface area contributed by atoms with Crippen molar-refractivity contribution in [3.63, 3.8) is 0 Å². The number of nitrogens with one attached hydrogen (secondary N) is 2.